The first kappa shape index (κ1) is 61.5. The van der Waals surface area contributed by atoms with Gasteiger partial charge in [0, 0.05) is 31.3 Å². The molecule has 0 saturated heterocycles. The number of phenols is 2. The Morgan fingerprint density at radius 2 is 1.14 bits per heavy atom. The van der Waals surface area contributed by atoms with Crippen LogP contribution in [0.1, 0.15) is 75.1 Å². The van der Waals surface area contributed by atoms with E-state index in [0.29, 0.717) is 37.3 Å². The maximum absolute atomic E-state index is 12.9. The number of guanidine groups is 1. The molecule has 0 radical (unpaired) electrons. The van der Waals surface area contributed by atoms with Crippen LogP contribution >= 0.6 is 0 Å². The Morgan fingerprint density at radius 1 is 0.697 bits per heavy atom. The van der Waals surface area contributed by atoms with Gasteiger partial charge in [-0.2, -0.15) is 39.5 Å². The number of aromatic amines is 1. The van der Waals surface area contributed by atoms with Crippen molar-refractivity contribution in [2.75, 3.05) is 32.7 Å². The highest BCUT2D eigenvalue weighted by Gasteiger charge is 2.39. The number of aromatic nitrogens is 2. The smallest absolute Gasteiger partial charge is 0.490 e. The third-order valence-corrected chi connectivity index (χ3v) is 7.78. The first-order valence-corrected chi connectivity index (χ1v) is 19.3. The summed E-state index contributed by atoms with van der Waals surface area (Å²) in [4.78, 5) is 74.8. The fraction of sp³-hybridized carbons (Fsp3) is 0.556. The number of halogens is 9. The zero-order valence-electron chi connectivity index (χ0n) is 34.9. The second-order valence-corrected chi connectivity index (χ2v) is 13.3. The minimum atomic E-state index is -5.08. The van der Waals surface area contributed by atoms with Gasteiger partial charge in [-0.25, -0.2) is 19.4 Å². The zero-order chi connectivity index (χ0) is 51.1. The van der Waals surface area contributed by atoms with Gasteiger partial charge >= 0.3 is 36.4 Å². The summed E-state index contributed by atoms with van der Waals surface area (Å²) in [7, 11) is 0. The van der Waals surface area contributed by atoms with Crippen LogP contribution in [0.4, 0.5) is 39.5 Å². The summed E-state index contributed by atoms with van der Waals surface area (Å²) in [6.45, 7) is 3.30. The van der Waals surface area contributed by atoms with Crippen molar-refractivity contribution >= 4 is 41.6 Å². The van der Waals surface area contributed by atoms with E-state index in [4.69, 9.17) is 46.9 Å². The number of amides is 3. The SMILES string of the molecule is NC(N)=NCC[C@H](N)C(=O)NCCCCCNCCCCCCCNC(=O)[C@@H](NC(=O)Cc1ccc(O)cc1O)c1cnc[nH]1.O=C(O)C(F)(F)F.O=C(O)C(F)(F)F.O=C(O)C(F)(F)F. The Bertz CT molecular complexity index is 1740. The standard InChI is InChI=1S/C30H50N10O5.3C2HF3O2/c31-23(11-16-38-30(32)33)28(44)36-14-8-4-6-13-34-12-5-2-1-3-7-15-37-29(45)27(24-19-35-20-39-24)40-26(43)17-21-9-10-22(41)18-25(21)42;3*3-2(4,5)1(6)7/h9-10,18-20,23,27,34,41-42H,1-8,11-17,31H2,(H,35,39)(H,36,44)(H,37,45)(H,40,43)(H4,32,33,38);3*(H,6,7)/t23-,27-;;;/m0.../s1. The topological polar surface area (TPSA) is 371 Å². The first-order valence-electron chi connectivity index (χ1n) is 19.3. The summed E-state index contributed by atoms with van der Waals surface area (Å²) >= 11 is 0. The minimum Gasteiger partial charge on any atom is -0.508 e. The number of benzene rings is 1. The van der Waals surface area contributed by atoms with Gasteiger partial charge in [0.25, 0.3) is 0 Å². The highest BCUT2D eigenvalue weighted by molar-refractivity contribution is 5.89. The summed E-state index contributed by atoms with van der Waals surface area (Å²) in [5.74, 6) is -9.57. The van der Waals surface area contributed by atoms with Crippen molar-refractivity contribution in [2.45, 2.75) is 94.8 Å². The molecule has 30 heteroatoms. The second-order valence-electron chi connectivity index (χ2n) is 13.3. The Labute approximate surface area is 369 Å². The van der Waals surface area contributed by atoms with Gasteiger partial charge in [0.1, 0.15) is 17.5 Å². The number of unbranched alkanes of at least 4 members (excludes halogenated alkanes) is 6. The molecule has 16 N–H and O–H groups in total. The van der Waals surface area contributed by atoms with E-state index in [0.717, 1.165) is 70.5 Å². The number of alkyl halides is 9. The van der Waals surface area contributed by atoms with Crippen LogP contribution in [0.15, 0.2) is 35.7 Å². The Morgan fingerprint density at radius 3 is 1.56 bits per heavy atom. The minimum absolute atomic E-state index is 0.00923. The number of carboxylic acid groups (broad SMARTS) is 3. The van der Waals surface area contributed by atoms with Crippen molar-refractivity contribution in [1.82, 2.24) is 31.2 Å². The van der Waals surface area contributed by atoms with E-state index in [-0.39, 0.29) is 35.7 Å². The number of hydrogen-bond donors (Lipinski definition) is 13. The number of phenolic OH excluding ortho intramolecular Hbond substituents is 2. The van der Waals surface area contributed by atoms with E-state index < -0.39 is 54.4 Å². The van der Waals surface area contributed by atoms with Gasteiger partial charge in [0.05, 0.1) is 30.7 Å². The lowest BCUT2D eigenvalue weighted by molar-refractivity contribution is -0.193. The first-order chi connectivity index (χ1) is 30.5. The number of nitrogens with two attached hydrogens (primary N) is 3. The van der Waals surface area contributed by atoms with Crippen LogP contribution in [-0.4, -0.2) is 134 Å². The number of aliphatic carboxylic acids is 3. The van der Waals surface area contributed by atoms with Gasteiger partial charge in [-0.3, -0.25) is 19.4 Å². The third-order valence-electron chi connectivity index (χ3n) is 7.78. The average molecular weight is 973 g/mol. The van der Waals surface area contributed by atoms with Crippen LogP contribution < -0.4 is 38.5 Å². The molecule has 0 fully saturated rings. The molecule has 2 rings (SSSR count). The van der Waals surface area contributed by atoms with E-state index >= 15 is 0 Å². The molecule has 1 aromatic heterocycles. The lowest BCUT2D eigenvalue weighted by Gasteiger charge is -2.17. The van der Waals surface area contributed by atoms with Crippen molar-refractivity contribution in [1.29, 1.82) is 0 Å². The number of rotatable bonds is 23. The quantitative estimate of drug-likeness (QED) is 0.0328. The molecule has 0 saturated carbocycles. The average Bonchev–Trinajstić information content (AvgIpc) is 3.74. The molecular formula is C36H53F9N10O11. The largest absolute Gasteiger partial charge is 0.508 e. The molecule has 0 bridgehead atoms. The molecule has 0 unspecified atom stereocenters. The number of nitrogens with zero attached hydrogens (tertiary/aromatic N) is 2. The number of aliphatic imine (C=N–C) groups is 1. The molecular weight excluding hydrogens is 919 g/mol. The van der Waals surface area contributed by atoms with Gasteiger partial charge in [0.15, 0.2) is 5.96 Å². The van der Waals surface area contributed by atoms with E-state index in [1.54, 1.807) is 0 Å². The monoisotopic (exact) mass is 972 g/mol. The summed E-state index contributed by atoms with van der Waals surface area (Å²) in [5, 5.41) is 52.6. The van der Waals surface area contributed by atoms with E-state index in [1.807, 2.05) is 0 Å². The van der Waals surface area contributed by atoms with Crippen LogP contribution in [0.25, 0.3) is 0 Å². The number of carbonyl (C=O) groups is 6. The number of imidazole rings is 1. The summed E-state index contributed by atoms with van der Waals surface area (Å²) in [6.07, 6.45) is -4.13. The number of nitrogens with one attached hydrogen (secondary N) is 5. The van der Waals surface area contributed by atoms with Crippen molar-refractivity contribution < 1.29 is 93.8 Å². The molecule has 3 amide bonds. The van der Waals surface area contributed by atoms with Crippen LogP contribution in [-0.2, 0) is 35.2 Å². The predicted octanol–water partition coefficient (Wildman–Crippen LogP) is 2.05. The fourth-order valence-corrected chi connectivity index (χ4v) is 4.50. The van der Waals surface area contributed by atoms with E-state index in [2.05, 4.69) is 36.2 Å². The lowest BCUT2D eigenvalue weighted by Crippen LogP contribution is -2.41. The Balaban J connectivity index is 0. The normalized spacial score (nSPS) is 11.9. The van der Waals surface area contributed by atoms with Crippen molar-refractivity contribution in [3.05, 3.63) is 42.0 Å². The third kappa shape index (κ3) is 32.1. The van der Waals surface area contributed by atoms with Crippen LogP contribution in [0.2, 0.25) is 0 Å². The van der Waals surface area contributed by atoms with Crippen molar-refractivity contribution in [3.8, 4) is 11.5 Å². The molecule has 0 spiro atoms. The van der Waals surface area contributed by atoms with Gasteiger partial charge in [0.2, 0.25) is 17.7 Å². The zero-order valence-corrected chi connectivity index (χ0v) is 34.9. The maximum atomic E-state index is 12.9. The molecule has 2 atom stereocenters. The molecule has 0 aliphatic heterocycles. The van der Waals surface area contributed by atoms with Gasteiger partial charge in [-0.15, -0.1) is 0 Å². The number of H-pyrrole nitrogens is 1. The van der Waals surface area contributed by atoms with Gasteiger partial charge in [-0.05, 0) is 51.3 Å². The maximum Gasteiger partial charge on any atom is 0.490 e. The summed E-state index contributed by atoms with van der Waals surface area (Å²) in [5.41, 5.74) is 17.1. The van der Waals surface area contributed by atoms with E-state index in [1.165, 1.54) is 24.7 Å². The van der Waals surface area contributed by atoms with Gasteiger partial charge < -0.3 is 69.0 Å². The summed E-state index contributed by atoms with van der Waals surface area (Å²) in [6, 6.07) is 2.43. The Hall–Kier alpha value is -6.59. The predicted molar refractivity (Wildman–Crippen MR) is 213 cm³/mol. The van der Waals surface area contributed by atoms with E-state index in [9.17, 15) is 64.1 Å². The van der Waals surface area contributed by atoms with Crippen LogP contribution in [0.5, 0.6) is 11.5 Å². The molecule has 66 heavy (non-hydrogen) atoms. The summed E-state index contributed by atoms with van der Waals surface area (Å²) < 4.78 is 95.2. The molecule has 1 aromatic carbocycles. The van der Waals surface area contributed by atoms with Crippen molar-refractivity contribution in [3.63, 3.8) is 0 Å². The molecule has 21 nitrogen and oxygen atoms in total. The Kier molecular flexibility index (Phi) is 29.9. The molecule has 0 aliphatic carbocycles. The number of carbonyl (C=O) groups excluding carboxylic acids is 3. The van der Waals surface area contributed by atoms with Crippen LogP contribution in [0, 0.1) is 0 Å². The molecule has 2 aromatic rings. The molecule has 376 valence electrons. The second kappa shape index (κ2) is 32.1. The number of carboxylic acids is 3. The highest BCUT2D eigenvalue weighted by Crippen LogP contribution is 2.23. The highest BCUT2D eigenvalue weighted by atomic mass is 19.4. The lowest BCUT2D eigenvalue weighted by atomic mass is 10.1. The van der Waals surface area contributed by atoms with Crippen molar-refractivity contribution in [2.24, 2.45) is 22.2 Å². The number of hydrogen-bond acceptors (Lipinski definition) is 12. The van der Waals surface area contributed by atoms with Crippen LogP contribution in [0.3, 0.4) is 0 Å². The molecule has 0 aliphatic rings. The molecule has 1 heterocycles. The number of aromatic hydroxyl groups is 2. The van der Waals surface area contributed by atoms with Gasteiger partial charge in [-0.1, -0.05) is 31.7 Å². The fourth-order valence-electron chi connectivity index (χ4n) is 4.50.